The van der Waals surface area contributed by atoms with Crippen molar-refractivity contribution >= 4 is 5.91 Å². The summed E-state index contributed by atoms with van der Waals surface area (Å²) in [6.45, 7) is 4.39. The van der Waals surface area contributed by atoms with Crippen molar-refractivity contribution in [1.82, 2.24) is 15.5 Å². The summed E-state index contributed by atoms with van der Waals surface area (Å²) in [6.07, 6.45) is 4.54. The van der Waals surface area contributed by atoms with Crippen LogP contribution in [0, 0.1) is 5.92 Å². The van der Waals surface area contributed by atoms with E-state index >= 15 is 0 Å². The summed E-state index contributed by atoms with van der Waals surface area (Å²) < 4.78 is 0. The zero-order chi connectivity index (χ0) is 15.2. The molecular weight excluding hydrogens is 274 g/mol. The van der Waals surface area contributed by atoms with Crippen LogP contribution in [-0.4, -0.2) is 49.6 Å². The van der Waals surface area contributed by atoms with Gasteiger partial charge in [-0.15, -0.1) is 0 Å². The molecule has 0 bridgehead atoms. The van der Waals surface area contributed by atoms with Crippen molar-refractivity contribution in [2.24, 2.45) is 5.92 Å². The number of nitrogens with one attached hydrogen (secondary N) is 2. The summed E-state index contributed by atoms with van der Waals surface area (Å²) in [7, 11) is 0. The van der Waals surface area contributed by atoms with Crippen molar-refractivity contribution in [3.05, 3.63) is 35.9 Å². The quantitative estimate of drug-likeness (QED) is 0.864. The smallest absolute Gasteiger partial charge is 0.236 e. The highest BCUT2D eigenvalue weighted by Crippen LogP contribution is 2.21. The Hall–Kier alpha value is -1.39. The first-order chi connectivity index (χ1) is 10.8. The average Bonchev–Trinajstić information content (AvgIpc) is 3.08. The van der Waals surface area contributed by atoms with Gasteiger partial charge in [-0.25, -0.2) is 0 Å². The van der Waals surface area contributed by atoms with Crippen molar-refractivity contribution in [2.75, 3.05) is 32.7 Å². The van der Waals surface area contributed by atoms with Crippen LogP contribution >= 0.6 is 0 Å². The molecule has 2 aliphatic rings. The van der Waals surface area contributed by atoms with Gasteiger partial charge in [0.2, 0.25) is 5.91 Å². The molecule has 4 nitrogen and oxygen atoms in total. The van der Waals surface area contributed by atoms with Crippen molar-refractivity contribution in [3.8, 4) is 0 Å². The van der Waals surface area contributed by atoms with E-state index in [9.17, 15) is 4.79 Å². The maximum absolute atomic E-state index is 12.3. The molecule has 0 aromatic heterocycles. The summed E-state index contributed by atoms with van der Waals surface area (Å²) in [4.78, 5) is 14.3. The Morgan fingerprint density at radius 1 is 1.18 bits per heavy atom. The Kier molecular flexibility index (Phi) is 5.46. The molecule has 1 amide bonds. The number of likely N-dealkylation sites (tertiary alicyclic amines) is 1. The Morgan fingerprint density at radius 3 is 2.64 bits per heavy atom. The van der Waals surface area contributed by atoms with Crippen LogP contribution in [0.4, 0.5) is 0 Å². The van der Waals surface area contributed by atoms with Crippen LogP contribution in [-0.2, 0) is 11.2 Å². The zero-order valence-corrected chi connectivity index (χ0v) is 13.3. The summed E-state index contributed by atoms with van der Waals surface area (Å²) in [6, 6.07) is 11.2. The highest BCUT2D eigenvalue weighted by atomic mass is 16.2. The first-order valence-corrected chi connectivity index (χ1v) is 8.57. The van der Waals surface area contributed by atoms with Crippen LogP contribution in [0.25, 0.3) is 0 Å². The van der Waals surface area contributed by atoms with Crippen molar-refractivity contribution in [1.29, 1.82) is 0 Å². The maximum atomic E-state index is 12.3. The number of hydrogen-bond donors (Lipinski definition) is 2. The number of carbonyl (C=O) groups excluding carboxylic acids is 1. The molecule has 1 aromatic rings. The lowest BCUT2D eigenvalue weighted by molar-refractivity contribution is -0.131. The number of hydrogen-bond acceptors (Lipinski definition) is 3. The molecule has 120 valence electrons. The first kappa shape index (κ1) is 15.5. The highest BCUT2D eigenvalue weighted by Gasteiger charge is 2.23. The minimum atomic E-state index is 0.269. The predicted molar refractivity (Wildman–Crippen MR) is 88.7 cm³/mol. The second kappa shape index (κ2) is 7.75. The molecular formula is C18H27N3O. The molecule has 1 atom stereocenters. The van der Waals surface area contributed by atoms with E-state index in [4.69, 9.17) is 0 Å². The van der Waals surface area contributed by atoms with Crippen molar-refractivity contribution in [3.63, 3.8) is 0 Å². The fourth-order valence-electron chi connectivity index (χ4n) is 3.51. The summed E-state index contributed by atoms with van der Waals surface area (Å²) in [5.41, 5.74) is 1.42. The number of piperidine rings is 1. The fraction of sp³-hybridized carbons (Fsp3) is 0.611. The first-order valence-electron chi connectivity index (χ1n) is 8.57. The number of benzene rings is 1. The monoisotopic (exact) mass is 301 g/mol. The number of carbonyl (C=O) groups is 1. The van der Waals surface area contributed by atoms with Crippen LogP contribution in [0.1, 0.15) is 24.8 Å². The molecule has 1 aromatic carbocycles. The topological polar surface area (TPSA) is 44.4 Å². The lowest BCUT2D eigenvalue weighted by Crippen LogP contribution is -2.45. The lowest BCUT2D eigenvalue weighted by atomic mass is 9.90. The second-order valence-corrected chi connectivity index (χ2v) is 6.58. The van der Waals surface area contributed by atoms with Gasteiger partial charge in [0.15, 0.2) is 0 Å². The van der Waals surface area contributed by atoms with E-state index in [2.05, 4.69) is 41.0 Å². The molecule has 0 spiro atoms. The van der Waals surface area contributed by atoms with Gasteiger partial charge in [-0.3, -0.25) is 4.79 Å². The molecule has 2 fully saturated rings. The zero-order valence-electron chi connectivity index (χ0n) is 13.3. The third-order valence-corrected chi connectivity index (χ3v) is 4.94. The minimum absolute atomic E-state index is 0.269. The third kappa shape index (κ3) is 4.31. The normalized spacial score (nSPS) is 22.9. The molecule has 0 saturated carbocycles. The van der Waals surface area contributed by atoms with Gasteiger partial charge < -0.3 is 15.5 Å². The van der Waals surface area contributed by atoms with E-state index in [1.165, 1.54) is 5.56 Å². The van der Waals surface area contributed by atoms with Crippen LogP contribution < -0.4 is 10.6 Å². The van der Waals surface area contributed by atoms with E-state index in [0.717, 1.165) is 57.8 Å². The number of amides is 1. The van der Waals surface area contributed by atoms with E-state index in [1.54, 1.807) is 0 Å². The van der Waals surface area contributed by atoms with Gasteiger partial charge in [0.1, 0.15) is 0 Å². The van der Waals surface area contributed by atoms with E-state index in [1.807, 2.05) is 4.90 Å². The number of rotatable bonds is 5. The molecule has 2 heterocycles. The van der Waals surface area contributed by atoms with Crippen molar-refractivity contribution in [2.45, 2.75) is 31.7 Å². The second-order valence-electron chi connectivity index (χ2n) is 6.58. The van der Waals surface area contributed by atoms with Crippen LogP contribution in [0.3, 0.4) is 0 Å². The molecule has 4 heteroatoms. The molecule has 2 aliphatic heterocycles. The molecule has 0 aliphatic carbocycles. The largest absolute Gasteiger partial charge is 0.342 e. The predicted octanol–water partition coefficient (Wildman–Crippen LogP) is 1.42. The van der Waals surface area contributed by atoms with Crippen LogP contribution in [0.2, 0.25) is 0 Å². The van der Waals surface area contributed by atoms with Gasteiger partial charge in [-0.2, -0.15) is 0 Å². The van der Waals surface area contributed by atoms with Crippen molar-refractivity contribution < 1.29 is 4.79 Å². The Labute approximate surface area is 133 Å². The maximum Gasteiger partial charge on any atom is 0.236 e. The third-order valence-electron chi connectivity index (χ3n) is 4.94. The van der Waals surface area contributed by atoms with Gasteiger partial charge in [-0.05, 0) is 43.7 Å². The summed E-state index contributed by atoms with van der Waals surface area (Å²) in [5.74, 6) is 0.989. The van der Waals surface area contributed by atoms with Gasteiger partial charge in [-0.1, -0.05) is 30.3 Å². The van der Waals surface area contributed by atoms with Gasteiger partial charge in [0, 0.05) is 25.7 Å². The lowest BCUT2D eigenvalue weighted by Gasteiger charge is -2.32. The minimum Gasteiger partial charge on any atom is -0.342 e. The van der Waals surface area contributed by atoms with Crippen LogP contribution in [0.15, 0.2) is 30.3 Å². The SMILES string of the molecule is O=C(CNC1CCNC1)N1CCC(Cc2ccccc2)CC1. The van der Waals surface area contributed by atoms with Gasteiger partial charge in [0.05, 0.1) is 6.54 Å². The molecule has 3 rings (SSSR count). The van der Waals surface area contributed by atoms with Crippen LogP contribution in [0.5, 0.6) is 0 Å². The molecule has 2 N–H and O–H groups in total. The standard InChI is InChI=1S/C18H27N3O/c22-18(14-20-17-6-9-19-13-17)21-10-7-16(8-11-21)12-15-4-2-1-3-5-15/h1-5,16-17,19-20H,6-14H2. The molecule has 2 saturated heterocycles. The average molecular weight is 301 g/mol. The molecule has 1 unspecified atom stereocenters. The van der Waals surface area contributed by atoms with Gasteiger partial charge in [0.25, 0.3) is 0 Å². The number of nitrogens with zero attached hydrogens (tertiary/aromatic N) is 1. The summed E-state index contributed by atoms with van der Waals surface area (Å²) >= 11 is 0. The highest BCUT2D eigenvalue weighted by molar-refractivity contribution is 5.78. The summed E-state index contributed by atoms with van der Waals surface area (Å²) in [5, 5.41) is 6.69. The molecule has 22 heavy (non-hydrogen) atoms. The van der Waals surface area contributed by atoms with Gasteiger partial charge >= 0.3 is 0 Å². The van der Waals surface area contributed by atoms with E-state index in [0.29, 0.717) is 12.6 Å². The molecule has 0 radical (unpaired) electrons. The van der Waals surface area contributed by atoms with E-state index in [-0.39, 0.29) is 5.91 Å². The Morgan fingerprint density at radius 2 is 1.95 bits per heavy atom. The Balaban J connectivity index is 1.38. The van der Waals surface area contributed by atoms with E-state index < -0.39 is 0 Å². The Bertz CT molecular complexity index is 462. The fourth-order valence-corrected chi connectivity index (χ4v) is 3.51.